The maximum Gasteiger partial charge on any atom is 0.161 e. The van der Waals surface area contributed by atoms with Crippen LogP contribution in [0.2, 0.25) is 0 Å². The molecule has 1 fully saturated rings. The molecule has 1 saturated carbocycles. The lowest BCUT2D eigenvalue weighted by Crippen LogP contribution is -2.16. The summed E-state index contributed by atoms with van der Waals surface area (Å²) in [6.45, 7) is 7.48. The summed E-state index contributed by atoms with van der Waals surface area (Å²) >= 11 is 0. The standard InChI is InChI=1S/C18H29NO2/c1-3-19-13-16-10-11-17(18(12-16)20-4-2)21-14-15-8-6-5-7-9-15/h10-12,15,19H,3-9,13-14H2,1-2H3. The minimum Gasteiger partial charge on any atom is -0.490 e. The first-order valence-corrected chi connectivity index (χ1v) is 8.42. The Morgan fingerprint density at radius 3 is 2.57 bits per heavy atom. The summed E-state index contributed by atoms with van der Waals surface area (Å²) in [7, 11) is 0. The number of nitrogens with one attached hydrogen (secondary N) is 1. The fourth-order valence-electron chi connectivity index (χ4n) is 2.88. The predicted molar refractivity (Wildman–Crippen MR) is 87.1 cm³/mol. The van der Waals surface area contributed by atoms with Crippen LogP contribution in [0.15, 0.2) is 18.2 Å². The lowest BCUT2D eigenvalue weighted by molar-refractivity contribution is 0.199. The first kappa shape index (κ1) is 16.2. The van der Waals surface area contributed by atoms with Crippen LogP contribution in [-0.4, -0.2) is 19.8 Å². The smallest absolute Gasteiger partial charge is 0.161 e. The van der Waals surface area contributed by atoms with Gasteiger partial charge in [-0.2, -0.15) is 0 Å². The highest BCUT2D eigenvalue weighted by Gasteiger charge is 2.15. The van der Waals surface area contributed by atoms with Gasteiger partial charge < -0.3 is 14.8 Å². The molecule has 0 aliphatic heterocycles. The highest BCUT2D eigenvalue weighted by atomic mass is 16.5. The average molecular weight is 291 g/mol. The third-order valence-corrected chi connectivity index (χ3v) is 4.09. The molecule has 0 spiro atoms. The van der Waals surface area contributed by atoms with Crippen LogP contribution < -0.4 is 14.8 Å². The molecule has 0 unspecified atom stereocenters. The van der Waals surface area contributed by atoms with Gasteiger partial charge in [0, 0.05) is 6.54 Å². The van der Waals surface area contributed by atoms with E-state index in [4.69, 9.17) is 9.47 Å². The first-order chi connectivity index (χ1) is 10.3. The fourth-order valence-corrected chi connectivity index (χ4v) is 2.88. The Labute approximate surface area is 129 Å². The highest BCUT2D eigenvalue weighted by molar-refractivity contribution is 5.43. The third-order valence-electron chi connectivity index (χ3n) is 4.09. The summed E-state index contributed by atoms with van der Waals surface area (Å²) in [4.78, 5) is 0. The molecule has 0 aromatic heterocycles. The van der Waals surface area contributed by atoms with E-state index >= 15 is 0 Å². The van der Waals surface area contributed by atoms with E-state index in [9.17, 15) is 0 Å². The van der Waals surface area contributed by atoms with Gasteiger partial charge in [-0.3, -0.25) is 0 Å². The second-order valence-corrected chi connectivity index (χ2v) is 5.81. The normalized spacial score (nSPS) is 15.9. The van der Waals surface area contributed by atoms with Gasteiger partial charge in [-0.25, -0.2) is 0 Å². The van der Waals surface area contributed by atoms with Crippen LogP contribution in [0.4, 0.5) is 0 Å². The number of benzene rings is 1. The van der Waals surface area contributed by atoms with Crippen LogP contribution in [0.25, 0.3) is 0 Å². The Balaban J connectivity index is 1.95. The van der Waals surface area contributed by atoms with E-state index in [2.05, 4.69) is 30.4 Å². The number of rotatable bonds is 8. The first-order valence-electron chi connectivity index (χ1n) is 8.42. The maximum absolute atomic E-state index is 6.04. The van der Waals surface area contributed by atoms with Crippen LogP contribution in [0, 0.1) is 5.92 Å². The summed E-state index contributed by atoms with van der Waals surface area (Å²) in [6, 6.07) is 6.28. The second-order valence-electron chi connectivity index (χ2n) is 5.81. The number of hydrogen-bond donors (Lipinski definition) is 1. The van der Waals surface area contributed by atoms with Crippen molar-refractivity contribution in [2.45, 2.75) is 52.5 Å². The topological polar surface area (TPSA) is 30.5 Å². The summed E-state index contributed by atoms with van der Waals surface area (Å²) in [5.41, 5.74) is 1.24. The van der Waals surface area contributed by atoms with Crippen molar-refractivity contribution in [3.8, 4) is 11.5 Å². The van der Waals surface area contributed by atoms with Gasteiger partial charge in [-0.1, -0.05) is 32.3 Å². The van der Waals surface area contributed by atoms with Crippen molar-refractivity contribution < 1.29 is 9.47 Å². The van der Waals surface area contributed by atoms with Gasteiger partial charge >= 0.3 is 0 Å². The molecule has 3 heteroatoms. The van der Waals surface area contributed by atoms with Gasteiger partial charge in [0.05, 0.1) is 13.2 Å². The monoisotopic (exact) mass is 291 g/mol. The molecule has 0 amide bonds. The maximum atomic E-state index is 6.04. The Hall–Kier alpha value is -1.22. The summed E-state index contributed by atoms with van der Waals surface area (Å²) in [6.07, 6.45) is 6.71. The van der Waals surface area contributed by atoms with E-state index in [1.807, 2.05) is 6.92 Å². The molecule has 2 rings (SSSR count). The lowest BCUT2D eigenvalue weighted by atomic mass is 9.90. The molecular weight excluding hydrogens is 262 g/mol. The zero-order chi connectivity index (χ0) is 14.9. The molecule has 1 aromatic carbocycles. The van der Waals surface area contributed by atoms with E-state index in [1.54, 1.807) is 0 Å². The van der Waals surface area contributed by atoms with Crippen LogP contribution in [-0.2, 0) is 6.54 Å². The van der Waals surface area contributed by atoms with Gasteiger partial charge in [0.25, 0.3) is 0 Å². The van der Waals surface area contributed by atoms with Crippen LogP contribution in [0.1, 0.15) is 51.5 Å². The summed E-state index contributed by atoms with van der Waals surface area (Å²) in [5, 5.41) is 3.34. The van der Waals surface area contributed by atoms with Gasteiger partial charge in [-0.15, -0.1) is 0 Å². The van der Waals surface area contributed by atoms with E-state index < -0.39 is 0 Å². The van der Waals surface area contributed by atoms with Crippen LogP contribution in [0.5, 0.6) is 11.5 Å². The van der Waals surface area contributed by atoms with Crippen LogP contribution >= 0.6 is 0 Å². The fraction of sp³-hybridized carbons (Fsp3) is 0.667. The molecule has 118 valence electrons. The highest BCUT2D eigenvalue weighted by Crippen LogP contribution is 2.31. The predicted octanol–water partition coefficient (Wildman–Crippen LogP) is 4.15. The quantitative estimate of drug-likeness (QED) is 0.780. The molecule has 1 aliphatic carbocycles. The Morgan fingerprint density at radius 1 is 1.05 bits per heavy atom. The average Bonchev–Trinajstić information content (AvgIpc) is 2.53. The summed E-state index contributed by atoms with van der Waals surface area (Å²) in [5.74, 6) is 2.49. The van der Waals surface area contributed by atoms with E-state index in [0.29, 0.717) is 6.61 Å². The van der Waals surface area contributed by atoms with Gasteiger partial charge in [-0.05, 0) is 49.9 Å². The lowest BCUT2D eigenvalue weighted by Gasteiger charge is -2.22. The molecule has 21 heavy (non-hydrogen) atoms. The molecule has 0 heterocycles. The van der Waals surface area contributed by atoms with Gasteiger partial charge in [0.1, 0.15) is 0 Å². The van der Waals surface area contributed by atoms with Crippen molar-refractivity contribution in [2.75, 3.05) is 19.8 Å². The molecule has 0 bridgehead atoms. The van der Waals surface area contributed by atoms with Crippen LogP contribution in [0.3, 0.4) is 0 Å². The van der Waals surface area contributed by atoms with Gasteiger partial charge in [0.15, 0.2) is 11.5 Å². The van der Waals surface area contributed by atoms with Crippen molar-refractivity contribution in [2.24, 2.45) is 5.92 Å². The summed E-state index contributed by atoms with van der Waals surface area (Å²) < 4.78 is 11.8. The molecule has 1 aromatic rings. The molecule has 3 nitrogen and oxygen atoms in total. The van der Waals surface area contributed by atoms with Crippen molar-refractivity contribution in [1.29, 1.82) is 0 Å². The van der Waals surface area contributed by atoms with E-state index in [-0.39, 0.29) is 0 Å². The minimum absolute atomic E-state index is 0.671. The van der Waals surface area contributed by atoms with Crippen molar-refractivity contribution in [1.82, 2.24) is 5.32 Å². The van der Waals surface area contributed by atoms with Crippen molar-refractivity contribution in [3.63, 3.8) is 0 Å². The molecule has 0 atom stereocenters. The van der Waals surface area contributed by atoms with E-state index in [1.165, 1.54) is 37.7 Å². The number of ether oxygens (including phenoxy) is 2. The SMILES string of the molecule is CCNCc1ccc(OCC2CCCCC2)c(OCC)c1. The minimum atomic E-state index is 0.671. The van der Waals surface area contributed by atoms with Crippen molar-refractivity contribution >= 4 is 0 Å². The number of hydrogen-bond acceptors (Lipinski definition) is 3. The molecule has 1 N–H and O–H groups in total. The van der Waals surface area contributed by atoms with Crippen molar-refractivity contribution in [3.05, 3.63) is 23.8 Å². The molecular formula is C18H29NO2. The molecule has 0 radical (unpaired) electrons. The molecule has 1 aliphatic rings. The zero-order valence-electron chi connectivity index (χ0n) is 13.5. The Bertz CT molecular complexity index is 414. The third kappa shape index (κ3) is 5.24. The van der Waals surface area contributed by atoms with E-state index in [0.717, 1.165) is 37.1 Å². The van der Waals surface area contributed by atoms with Gasteiger partial charge in [0.2, 0.25) is 0 Å². The Morgan fingerprint density at radius 2 is 1.86 bits per heavy atom. The Kier molecular flexibility index (Phi) is 6.87. The zero-order valence-corrected chi connectivity index (χ0v) is 13.5. The molecule has 0 saturated heterocycles. The second kappa shape index (κ2) is 8.93. The largest absolute Gasteiger partial charge is 0.490 e.